The molecule has 5 nitrogen and oxygen atoms in total. The van der Waals surface area contributed by atoms with Crippen molar-refractivity contribution in [2.24, 2.45) is 11.8 Å². The number of halogens is 3. The fourth-order valence-electron chi connectivity index (χ4n) is 4.40. The van der Waals surface area contributed by atoms with Gasteiger partial charge in [0.25, 0.3) is 5.91 Å². The first-order valence-electron chi connectivity index (χ1n) is 10.4. The SMILES string of the molecule is CNc1cc(N2CCCC(C(F)(F)F)C2)c(C(=O)NC2CCC(C)CC2)cc1N. The molecule has 1 saturated heterocycles. The van der Waals surface area contributed by atoms with Gasteiger partial charge in [-0.05, 0) is 56.6 Å². The topological polar surface area (TPSA) is 70.4 Å². The van der Waals surface area contributed by atoms with Crippen molar-refractivity contribution in [2.45, 2.75) is 57.7 Å². The van der Waals surface area contributed by atoms with E-state index in [-0.39, 0.29) is 24.9 Å². The van der Waals surface area contributed by atoms with Gasteiger partial charge < -0.3 is 21.3 Å². The molecule has 1 aliphatic carbocycles. The van der Waals surface area contributed by atoms with Crippen molar-refractivity contribution in [2.75, 3.05) is 36.1 Å². The van der Waals surface area contributed by atoms with Crippen LogP contribution < -0.4 is 21.3 Å². The molecule has 1 aromatic carbocycles. The Kier molecular flexibility index (Phi) is 6.49. The van der Waals surface area contributed by atoms with Gasteiger partial charge >= 0.3 is 6.18 Å². The number of carbonyl (C=O) groups is 1. The fourth-order valence-corrected chi connectivity index (χ4v) is 4.40. The third-order valence-electron chi connectivity index (χ3n) is 6.26. The lowest BCUT2D eigenvalue weighted by molar-refractivity contribution is -0.175. The number of piperidine rings is 1. The molecule has 1 heterocycles. The molecule has 1 unspecified atom stereocenters. The Hall–Kier alpha value is -2.12. The average molecular weight is 413 g/mol. The maximum atomic E-state index is 13.3. The highest BCUT2D eigenvalue weighted by atomic mass is 19.4. The number of hydrogen-bond acceptors (Lipinski definition) is 4. The molecule has 3 rings (SSSR count). The van der Waals surface area contributed by atoms with E-state index in [1.165, 1.54) is 0 Å². The molecule has 0 radical (unpaired) electrons. The molecule has 4 N–H and O–H groups in total. The van der Waals surface area contributed by atoms with Crippen LogP contribution in [0.3, 0.4) is 0 Å². The predicted octanol–water partition coefficient (Wildman–Crippen LogP) is 4.40. The third kappa shape index (κ3) is 5.08. The number of nitrogens with zero attached hydrogens (tertiary/aromatic N) is 1. The van der Waals surface area contributed by atoms with Gasteiger partial charge in [0.05, 0.1) is 28.5 Å². The van der Waals surface area contributed by atoms with Crippen molar-refractivity contribution in [3.8, 4) is 0 Å². The normalized spacial score (nSPS) is 25.6. The van der Waals surface area contributed by atoms with Crippen molar-refractivity contribution >= 4 is 23.0 Å². The number of alkyl halides is 3. The minimum Gasteiger partial charge on any atom is -0.397 e. The molecule has 2 fully saturated rings. The van der Waals surface area contributed by atoms with Crippen LogP contribution in [0, 0.1) is 11.8 Å². The van der Waals surface area contributed by atoms with Gasteiger partial charge in [-0.25, -0.2) is 0 Å². The van der Waals surface area contributed by atoms with E-state index in [0.29, 0.717) is 41.5 Å². The summed E-state index contributed by atoms with van der Waals surface area (Å²) < 4.78 is 39.9. The fraction of sp³-hybridized carbons (Fsp3) is 0.667. The van der Waals surface area contributed by atoms with Crippen LogP contribution in [-0.4, -0.2) is 38.3 Å². The number of nitrogens with two attached hydrogens (primary N) is 1. The molecule has 29 heavy (non-hydrogen) atoms. The summed E-state index contributed by atoms with van der Waals surface area (Å²) in [6, 6.07) is 3.38. The van der Waals surface area contributed by atoms with E-state index in [9.17, 15) is 18.0 Å². The standard InChI is InChI=1S/C21H31F3N4O/c1-13-5-7-15(8-6-13)27-20(29)16-10-17(25)18(26-2)11-19(16)28-9-3-4-14(12-28)21(22,23)24/h10-11,13-15,26H,3-9,12,25H2,1-2H3,(H,27,29). The molecule has 0 spiro atoms. The number of nitrogens with one attached hydrogen (secondary N) is 2. The number of amides is 1. The minimum atomic E-state index is -4.24. The average Bonchev–Trinajstić information content (AvgIpc) is 2.69. The van der Waals surface area contributed by atoms with E-state index >= 15 is 0 Å². The van der Waals surface area contributed by atoms with Gasteiger partial charge in [-0.15, -0.1) is 0 Å². The van der Waals surface area contributed by atoms with E-state index < -0.39 is 12.1 Å². The summed E-state index contributed by atoms with van der Waals surface area (Å²) in [6.45, 7) is 2.55. The quantitative estimate of drug-likeness (QED) is 0.641. The van der Waals surface area contributed by atoms with Crippen LogP contribution in [0.2, 0.25) is 0 Å². The van der Waals surface area contributed by atoms with Crippen LogP contribution in [-0.2, 0) is 0 Å². The van der Waals surface area contributed by atoms with Crippen molar-refractivity contribution in [1.82, 2.24) is 5.32 Å². The summed E-state index contributed by atoms with van der Waals surface area (Å²) in [5.41, 5.74) is 7.95. The number of anilines is 3. The number of carbonyl (C=O) groups excluding carboxylic acids is 1. The summed E-state index contributed by atoms with van der Waals surface area (Å²) in [7, 11) is 1.70. The second kappa shape index (κ2) is 8.71. The second-order valence-corrected chi connectivity index (χ2v) is 8.46. The predicted molar refractivity (Wildman–Crippen MR) is 110 cm³/mol. The van der Waals surface area contributed by atoms with Crippen molar-refractivity contribution in [1.29, 1.82) is 0 Å². The lowest BCUT2D eigenvalue weighted by Crippen LogP contribution is -2.43. The zero-order valence-electron chi connectivity index (χ0n) is 17.1. The summed E-state index contributed by atoms with van der Waals surface area (Å²) in [5, 5.41) is 6.04. The van der Waals surface area contributed by atoms with Crippen LogP contribution in [0.4, 0.5) is 30.2 Å². The maximum Gasteiger partial charge on any atom is 0.393 e. The number of benzene rings is 1. The molecule has 8 heteroatoms. The molecular weight excluding hydrogens is 381 g/mol. The Labute approximate surface area is 170 Å². The highest BCUT2D eigenvalue weighted by Crippen LogP contribution is 2.38. The van der Waals surface area contributed by atoms with Crippen LogP contribution in [0.5, 0.6) is 0 Å². The lowest BCUT2D eigenvalue weighted by Gasteiger charge is -2.36. The highest BCUT2D eigenvalue weighted by molar-refractivity contribution is 6.02. The van der Waals surface area contributed by atoms with Crippen LogP contribution in [0.15, 0.2) is 12.1 Å². The van der Waals surface area contributed by atoms with E-state index in [2.05, 4.69) is 17.6 Å². The second-order valence-electron chi connectivity index (χ2n) is 8.46. The highest BCUT2D eigenvalue weighted by Gasteiger charge is 2.42. The van der Waals surface area contributed by atoms with Crippen LogP contribution >= 0.6 is 0 Å². The summed E-state index contributed by atoms with van der Waals surface area (Å²) in [6.07, 6.45) is 0.300. The number of nitrogen functional groups attached to an aromatic ring is 1. The van der Waals surface area contributed by atoms with E-state index in [1.807, 2.05) is 0 Å². The monoisotopic (exact) mass is 412 g/mol. The molecule has 162 valence electrons. The Morgan fingerprint density at radius 1 is 1.17 bits per heavy atom. The first-order valence-corrected chi connectivity index (χ1v) is 10.4. The lowest BCUT2D eigenvalue weighted by atomic mass is 9.87. The largest absolute Gasteiger partial charge is 0.397 e. The molecule has 1 aromatic rings. The molecule has 1 atom stereocenters. The van der Waals surface area contributed by atoms with E-state index in [1.54, 1.807) is 24.1 Å². The molecule has 0 bridgehead atoms. The van der Waals surface area contributed by atoms with Gasteiger partial charge in [0.15, 0.2) is 0 Å². The van der Waals surface area contributed by atoms with Gasteiger partial charge in [-0.3, -0.25) is 4.79 Å². The Bertz CT molecular complexity index is 729. The van der Waals surface area contributed by atoms with Gasteiger partial charge in [-0.1, -0.05) is 6.92 Å². The number of hydrogen-bond donors (Lipinski definition) is 3. The Balaban J connectivity index is 1.86. The van der Waals surface area contributed by atoms with E-state index in [0.717, 1.165) is 25.7 Å². The summed E-state index contributed by atoms with van der Waals surface area (Å²) in [5.74, 6) is -0.984. The first kappa shape index (κ1) is 21.6. The van der Waals surface area contributed by atoms with Crippen molar-refractivity contribution in [3.05, 3.63) is 17.7 Å². The first-order chi connectivity index (χ1) is 13.7. The van der Waals surface area contributed by atoms with Gasteiger partial charge in [-0.2, -0.15) is 13.2 Å². The van der Waals surface area contributed by atoms with Crippen LogP contribution in [0.25, 0.3) is 0 Å². The smallest absolute Gasteiger partial charge is 0.393 e. The third-order valence-corrected chi connectivity index (χ3v) is 6.26. The van der Waals surface area contributed by atoms with Crippen molar-refractivity contribution in [3.63, 3.8) is 0 Å². The zero-order valence-corrected chi connectivity index (χ0v) is 17.1. The van der Waals surface area contributed by atoms with Gasteiger partial charge in [0.1, 0.15) is 0 Å². The molecular formula is C21H31F3N4O. The Morgan fingerprint density at radius 3 is 2.48 bits per heavy atom. The minimum absolute atomic E-state index is 0.0982. The summed E-state index contributed by atoms with van der Waals surface area (Å²) in [4.78, 5) is 14.7. The van der Waals surface area contributed by atoms with Gasteiger partial charge in [0.2, 0.25) is 0 Å². The Morgan fingerprint density at radius 2 is 1.86 bits per heavy atom. The van der Waals surface area contributed by atoms with Crippen LogP contribution in [0.1, 0.15) is 55.8 Å². The molecule has 0 aromatic heterocycles. The van der Waals surface area contributed by atoms with Gasteiger partial charge in [0, 0.05) is 26.2 Å². The zero-order chi connectivity index (χ0) is 21.2. The summed E-state index contributed by atoms with van der Waals surface area (Å²) >= 11 is 0. The van der Waals surface area contributed by atoms with E-state index in [4.69, 9.17) is 5.73 Å². The molecule has 1 amide bonds. The maximum absolute atomic E-state index is 13.3. The molecule has 2 aliphatic rings. The molecule has 1 aliphatic heterocycles. The molecule has 1 saturated carbocycles. The number of rotatable bonds is 4. The van der Waals surface area contributed by atoms with Crippen molar-refractivity contribution < 1.29 is 18.0 Å².